The third-order valence-electron chi connectivity index (χ3n) is 4.54. The van der Waals surface area contributed by atoms with Crippen LogP contribution >= 0.6 is 11.6 Å². The Balaban J connectivity index is 1.98. The van der Waals surface area contributed by atoms with Crippen LogP contribution in [-0.4, -0.2) is 6.10 Å². The molecular formula is C17H22ClF3O. The van der Waals surface area contributed by atoms with Gasteiger partial charge in [-0.15, -0.1) is 0 Å². The first-order chi connectivity index (χ1) is 10.3. The molecule has 0 aromatic heterocycles. The third kappa shape index (κ3) is 4.39. The zero-order chi connectivity index (χ0) is 16.3. The molecule has 1 aliphatic rings. The van der Waals surface area contributed by atoms with Crippen molar-refractivity contribution in [2.24, 2.45) is 5.92 Å². The molecule has 5 heteroatoms. The van der Waals surface area contributed by atoms with E-state index in [1.807, 2.05) is 6.92 Å². The van der Waals surface area contributed by atoms with Crippen LogP contribution in [0.2, 0.25) is 5.02 Å². The first-order valence-corrected chi connectivity index (χ1v) is 8.21. The van der Waals surface area contributed by atoms with Crippen molar-refractivity contribution < 1.29 is 17.9 Å². The van der Waals surface area contributed by atoms with Crippen molar-refractivity contribution in [1.29, 1.82) is 0 Å². The van der Waals surface area contributed by atoms with E-state index in [-0.39, 0.29) is 17.2 Å². The maximum absolute atomic E-state index is 12.7. The minimum absolute atomic E-state index is 0.193. The second-order valence-corrected chi connectivity index (χ2v) is 6.47. The quantitative estimate of drug-likeness (QED) is 0.618. The SMILES string of the molecule is CCC1CCC(O[C@H](C)c2ccc(C(F)(F)F)c(Cl)c2)CC1. The lowest BCUT2D eigenvalue weighted by Crippen LogP contribution is -2.22. The molecule has 22 heavy (non-hydrogen) atoms. The third-order valence-corrected chi connectivity index (χ3v) is 4.85. The Kier molecular flexibility index (Phi) is 5.78. The van der Waals surface area contributed by atoms with Crippen LogP contribution in [0.5, 0.6) is 0 Å². The van der Waals surface area contributed by atoms with Gasteiger partial charge in [0, 0.05) is 0 Å². The lowest BCUT2D eigenvalue weighted by atomic mass is 9.86. The Hall–Kier alpha value is -0.740. The van der Waals surface area contributed by atoms with E-state index in [1.165, 1.54) is 31.4 Å². The van der Waals surface area contributed by atoms with Gasteiger partial charge in [-0.1, -0.05) is 31.0 Å². The molecule has 1 aliphatic carbocycles. The number of alkyl halides is 3. The van der Waals surface area contributed by atoms with Gasteiger partial charge < -0.3 is 4.74 Å². The Labute approximate surface area is 134 Å². The van der Waals surface area contributed by atoms with E-state index < -0.39 is 11.7 Å². The molecule has 1 atom stereocenters. The molecular weight excluding hydrogens is 313 g/mol. The van der Waals surface area contributed by atoms with Crippen LogP contribution in [0.3, 0.4) is 0 Å². The van der Waals surface area contributed by atoms with Gasteiger partial charge in [0.25, 0.3) is 0 Å². The van der Waals surface area contributed by atoms with E-state index in [2.05, 4.69) is 6.92 Å². The predicted molar refractivity (Wildman–Crippen MR) is 82.0 cm³/mol. The van der Waals surface area contributed by atoms with Crippen molar-refractivity contribution in [3.05, 3.63) is 34.3 Å². The highest BCUT2D eigenvalue weighted by Gasteiger charge is 2.33. The zero-order valence-corrected chi connectivity index (χ0v) is 13.7. The largest absolute Gasteiger partial charge is 0.417 e. The lowest BCUT2D eigenvalue weighted by molar-refractivity contribution is -0.137. The molecule has 0 N–H and O–H groups in total. The molecule has 1 fully saturated rings. The number of benzene rings is 1. The summed E-state index contributed by atoms with van der Waals surface area (Å²) in [6.07, 6.45) is 1.12. The fourth-order valence-electron chi connectivity index (χ4n) is 3.06. The standard InChI is InChI=1S/C17H22ClF3O/c1-3-12-4-7-14(8-5-12)22-11(2)13-6-9-15(16(18)10-13)17(19,20)21/h6,9-12,14H,3-5,7-8H2,1-2H3/t11-,12?,14?/m1/s1. The summed E-state index contributed by atoms with van der Waals surface area (Å²) in [6.45, 7) is 4.07. The second kappa shape index (κ2) is 7.22. The predicted octanol–water partition coefficient (Wildman–Crippen LogP) is 6.41. The van der Waals surface area contributed by atoms with Crippen molar-refractivity contribution in [2.75, 3.05) is 0 Å². The minimum Gasteiger partial charge on any atom is -0.371 e. The molecule has 1 nitrogen and oxygen atoms in total. The molecule has 0 aliphatic heterocycles. The summed E-state index contributed by atoms with van der Waals surface area (Å²) < 4.78 is 44.1. The molecule has 0 spiro atoms. The Morgan fingerprint density at radius 1 is 1.23 bits per heavy atom. The van der Waals surface area contributed by atoms with Gasteiger partial charge in [0.15, 0.2) is 0 Å². The highest BCUT2D eigenvalue weighted by Crippen LogP contribution is 2.37. The Morgan fingerprint density at radius 3 is 2.36 bits per heavy atom. The average molecular weight is 335 g/mol. The van der Waals surface area contributed by atoms with Crippen molar-refractivity contribution in [2.45, 2.75) is 64.3 Å². The minimum atomic E-state index is -4.42. The molecule has 0 heterocycles. The van der Waals surface area contributed by atoms with Crippen LogP contribution in [0.4, 0.5) is 13.2 Å². The van der Waals surface area contributed by atoms with Gasteiger partial charge >= 0.3 is 6.18 Å². The van der Waals surface area contributed by atoms with Crippen LogP contribution in [-0.2, 0) is 10.9 Å². The lowest BCUT2D eigenvalue weighted by Gasteiger charge is -2.30. The van der Waals surface area contributed by atoms with Gasteiger partial charge in [-0.05, 0) is 56.2 Å². The molecule has 1 aromatic rings. The van der Waals surface area contributed by atoms with Crippen molar-refractivity contribution in [3.8, 4) is 0 Å². The highest BCUT2D eigenvalue weighted by molar-refractivity contribution is 6.31. The number of hydrogen-bond donors (Lipinski definition) is 0. The number of hydrogen-bond acceptors (Lipinski definition) is 1. The molecule has 2 rings (SSSR count). The maximum Gasteiger partial charge on any atom is 0.417 e. The summed E-state index contributed by atoms with van der Waals surface area (Å²) in [5.74, 6) is 0.788. The van der Waals surface area contributed by atoms with Gasteiger partial charge in [-0.2, -0.15) is 13.2 Å². The monoisotopic (exact) mass is 334 g/mol. The molecule has 1 aromatic carbocycles. The van der Waals surface area contributed by atoms with Crippen LogP contribution in [0, 0.1) is 5.92 Å². The van der Waals surface area contributed by atoms with Crippen molar-refractivity contribution in [1.82, 2.24) is 0 Å². The number of ether oxygens (including phenoxy) is 1. The fraction of sp³-hybridized carbons (Fsp3) is 0.647. The summed E-state index contributed by atoms with van der Waals surface area (Å²) >= 11 is 5.76. The summed E-state index contributed by atoms with van der Waals surface area (Å²) in [7, 11) is 0. The molecule has 124 valence electrons. The van der Waals surface area contributed by atoms with Crippen LogP contribution in [0.25, 0.3) is 0 Å². The van der Waals surface area contributed by atoms with E-state index >= 15 is 0 Å². The van der Waals surface area contributed by atoms with Gasteiger partial charge in [-0.3, -0.25) is 0 Å². The number of halogens is 4. The molecule has 0 radical (unpaired) electrons. The topological polar surface area (TPSA) is 9.23 Å². The first kappa shape index (κ1) is 17.6. The first-order valence-electron chi connectivity index (χ1n) is 7.83. The van der Waals surface area contributed by atoms with Crippen LogP contribution < -0.4 is 0 Å². The van der Waals surface area contributed by atoms with Crippen LogP contribution in [0.15, 0.2) is 18.2 Å². The van der Waals surface area contributed by atoms with Crippen molar-refractivity contribution in [3.63, 3.8) is 0 Å². The van der Waals surface area contributed by atoms with E-state index in [4.69, 9.17) is 16.3 Å². The summed E-state index contributed by atoms with van der Waals surface area (Å²) in [5.41, 5.74) is -0.107. The van der Waals surface area contributed by atoms with E-state index in [9.17, 15) is 13.2 Å². The summed E-state index contributed by atoms with van der Waals surface area (Å²) in [5, 5.41) is -0.268. The Morgan fingerprint density at radius 2 is 1.86 bits per heavy atom. The summed E-state index contributed by atoms with van der Waals surface area (Å²) in [4.78, 5) is 0. The second-order valence-electron chi connectivity index (χ2n) is 6.07. The smallest absolute Gasteiger partial charge is 0.371 e. The van der Waals surface area contributed by atoms with Gasteiger partial charge in [-0.25, -0.2) is 0 Å². The van der Waals surface area contributed by atoms with E-state index in [1.54, 1.807) is 0 Å². The maximum atomic E-state index is 12.7. The fourth-order valence-corrected chi connectivity index (χ4v) is 3.35. The molecule has 0 bridgehead atoms. The molecule has 0 amide bonds. The van der Waals surface area contributed by atoms with Gasteiger partial charge in [0.2, 0.25) is 0 Å². The van der Waals surface area contributed by atoms with E-state index in [0.29, 0.717) is 5.56 Å². The molecule has 1 saturated carbocycles. The zero-order valence-electron chi connectivity index (χ0n) is 12.9. The summed E-state index contributed by atoms with van der Waals surface area (Å²) in [6, 6.07) is 3.86. The number of rotatable bonds is 4. The van der Waals surface area contributed by atoms with Gasteiger partial charge in [0.1, 0.15) is 0 Å². The van der Waals surface area contributed by atoms with E-state index in [0.717, 1.165) is 24.8 Å². The normalized spacial score (nSPS) is 24.3. The Bertz CT molecular complexity index is 493. The van der Waals surface area contributed by atoms with Crippen LogP contribution in [0.1, 0.15) is 63.2 Å². The molecule has 0 unspecified atom stereocenters. The average Bonchev–Trinajstić information content (AvgIpc) is 2.46. The molecule has 0 saturated heterocycles. The van der Waals surface area contributed by atoms with Gasteiger partial charge in [0.05, 0.1) is 22.8 Å². The van der Waals surface area contributed by atoms with Crippen molar-refractivity contribution >= 4 is 11.6 Å². The highest BCUT2D eigenvalue weighted by atomic mass is 35.5.